The summed E-state index contributed by atoms with van der Waals surface area (Å²) in [4.78, 5) is 4.18. The van der Waals surface area contributed by atoms with E-state index in [0.29, 0.717) is 12.0 Å². The lowest BCUT2D eigenvalue weighted by Crippen LogP contribution is -2.28. The van der Waals surface area contributed by atoms with Gasteiger partial charge in [0.25, 0.3) is 0 Å². The fraction of sp³-hybridized carbons (Fsp3) is 0.353. The van der Waals surface area contributed by atoms with Gasteiger partial charge in [-0.05, 0) is 42.2 Å². The molecule has 0 bridgehead atoms. The zero-order chi connectivity index (χ0) is 14.5. The van der Waals surface area contributed by atoms with E-state index in [1.54, 1.807) is 6.20 Å². The minimum atomic E-state index is 0.256. The molecule has 106 valence electrons. The highest BCUT2D eigenvalue weighted by Gasteiger charge is 2.18. The van der Waals surface area contributed by atoms with Gasteiger partial charge in [0, 0.05) is 29.5 Å². The normalized spacial score (nSPS) is 14.2. The smallest absolute Gasteiger partial charge is 0.0406 e. The zero-order valence-electron chi connectivity index (χ0n) is 12.2. The predicted octanol–water partition coefficient (Wildman–Crippen LogP) is 4.78. The first-order valence-corrected chi connectivity index (χ1v) is 7.37. The van der Waals surface area contributed by atoms with E-state index in [-0.39, 0.29) is 6.04 Å². The molecule has 0 amide bonds. The van der Waals surface area contributed by atoms with Crippen LogP contribution in [0.15, 0.2) is 48.8 Å². The molecule has 0 spiro atoms. The number of rotatable bonds is 5. The number of nitrogens with one attached hydrogen (secondary N) is 1. The van der Waals surface area contributed by atoms with Crippen LogP contribution in [0, 0.1) is 5.92 Å². The molecule has 0 aliphatic carbocycles. The number of hydrogen-bond acceptors (Lipinski definition) is 2. The highest BCUT2D eigenvalue weighted by molar-refractivity contribution is 6.30. The number of nitrogens with zero attached hydrogens (tertiary/aromatic N) is 1. The van der Waals surface area contributed by atoms with Crippen LogP contribution < -0.4 is 5.32 Å². The maximum atomic E-state index is 5.97. The van der Waals surface area contributed by atoms with E-state index >= 15 is 0 Å². The first-order chi connectivity index (χ1) is 9.58. The topological polar surface area (TPSA) is 24.9 Å². The van der Waals surface area contributed by atoms with Crippen molar-refractivity contribution >= 4 is 11.6 Å². The Kier molecular flexibility index (Phi) is 5.16. The standard InChI is InChI=1S/C17H21ClN2/c1-12(2)17(14-6-8-16(18)9-7-14)20-13(3)15-5-4-10-19-11-15/h4-13,17,20H,1-3H3. The molecule has 0 radical (unpaired) electrons. The number of pyridine rings is 1. The van der Waals surface area contributed by atoms with E-state index in [1.807, 2.05) is 24.4 Å². The van der Waals surface area contributed by atoms with Crippen LogP contribution in [0.25, 0.3) is 0 Å². The van der Waals surface area contributed by atoms with E-state index in [1.165, 1.54) is 11.1 Å². The summed E-state index contributed by atoms with van der Waals surface area (Å²) in [6.45, 7) is 6.62. The molecule has 0 aliphatic rings. The SMILES string of the molecule is CC(NC(c1ccc(Cl)cc1)C(C)C)c1cccnc1. The Bertz CT molecular complexity index is 522. The van der Waals surface area contributed by atoms with Gasteiger partial charge < -0.3 is 5.32 Å². The van der Waals surface area contributed by atoms with E-state index in [0.717, 1.165) is 5.02 Å². The van der Waals surface area contributed by atoms with E-state index in [4.69, 9.17) is 11.6 Å². The third kappa shape index (κ3) is 3.81. The second-order valence-electron chi connectivity index (χ2n) is 5.45. The Labute approximate surface area is 126 Å². The van der Waals surface area contributed by atoms with Gasteiger partial charge in [-0.2, -0.15) is 0 Å². The molecule has 2 atom stereocenters. The summed E-state index contributed by atoms with van der Waals surface area (Å²) < 4.78 is 0. The van der Waals surface area contributed by atoms with E-state index < -0.39 is 0 Å². The van der Waals surface area contributed by atoms with Crippen molar-refractivity contribution in [1.29, 1.82) is 0 Å². The number of hydrogen-bond donors (Lipinski definition) is 1. The molecule has 3 heteroatoms. The molecule has 2 rings (SSSR count). The van der Waals surface area contributed by atoms with Crippen LogP contribution in [-0.2, 0) is 0 Å². The van der Waals surface area contributed by atoms with Gasteiger partial charge in [0.05, 0.1) is 0 Å². The third-order valence-corrected chi connectivity index (χ3v) is 3.76. The van der Waals surface area contributed by atoms with Crippen molar-refractivity contribution in [3.63, 3.8) is 0 Å². The van der Waals surface area contributed by atoms with Crippen molar-refractivity contribution < 1.29 is 0 Å². The Morgan fingerprint density at radius 1 is 1.00 bits per heavy atom. The summed E-state index contributed by atoms with van der Waals surface area (Å²) in [5, 5.41) is 4.46. The minimum Gasteiger partial charge on any atom is -0.303 e. The third-order valence-electron chi connectivity index (χ3n) is 3.51. The summed E-state index contributed by atoms with van der Waals surface area (Å²) in [5.74, 6) is 0.496. The van der Waals surface area contributed by atoms with Gasteiger partial charge in [-0.1, -0.05) is 43.6 Å². The summed E-state index contributed by atoms with van der Waals surface area (Å²) in [5.41, 5.74) is 2.47. The molecule has 0 aliphatic heterocycles. The van der Waals surface area contributed by atoms with Crippen LogP contribution in [0.2, 0.25) is 5.02 Å². The summed E-state index contributed by atoms with van der Waals surface area (Å²) in [6, 6.07) is 12.7. The first-order valence-electron chi connectivity index (χ1n) is 6.99. The Morgan fingerprint density at radius 2 is 1.70 bits per heavy atom. The van der Waals surface area contributed by atoms with Gasteiger partial charge in [0.15, 0.2) is 0 Å². The fourth-order valence-corrected chi connectivity index (χ4v) is 2.47. The largest absolute Gasteiger partial charge is 0.303 e. The molecule has 2 unspecified atom stereocenters. The second-order valence-corrected chi connectivity index (χ2v) is 5.88. The highest BCUT2D eigenvalue weighted by Crippen LogP contribution is 2.26. The van der Waals surface area contributed by atoms with Crippen molar-refractivity contribution in [2.45, 2.75) is 32.9 Å². The van der Waals surface area contributed by atoms with Crippen molar-refractivity contribution in [1.82, 2.24) is 10.3 Å². The van der Waals surface area contributed by atoms with Crippen molar-refractivity contribution in [2.24, 2.45) is 5.92 Å². The van der Waals surface area contributed by atoms with Crippen LogP contribution >= 0.6 is 11.6 Å². The lowest BCUT2D eigenvalue weighted by atomic mass is 9.94. The van der Waals surface area contributed by atoms with Crippen molar-refractivity contribution in [2.75, 3.05) is 0 Å². The molecule has 20 heavy (non-hydrogen) atoms. The van der Waals surface area contributed by atoms with E-state index in [9.17, 15) is 0 Å². The molecule has 1 aromatic carbocycles. The molecule has 2 aromatic rings. The Morgan fingerprint density at radius 3 is 2.25 bits per heavy atom. The quantitative estimate of drug-likeness (QED) is 0.856. The van der Waals surface area contributed by atoms with Crippen molar-refractivity contribution in [3.8, 4) is 0 Å². The van der Waals surface area contributed by atoms with Crippen LogP contribution in [0.1, 0.15) is 44.0 Å². The van der Waals surface area contributed by atoms with Crippen LogP contribution in [0.5, 0.6) is 0 Å². The van der Waals surface area contributed by atoms with Gasteiger partial charge in [0.2, 0.25) is 0 Å². The summed E-state index contributed by atoms with van der Waals surface area (Å²) in [6.07, 6.45) is 3.71. The zero-order valence-corrected chi connectivity index (χ0v) is 12.9. The van der Waals surface area contributed by atoms with Crippen LogP contribution in [-0.4, -0.2) is 4.98 Å². The fourth-order valence-electron chi connectivity index (χ4n) is 2.34. The maximum Gasteiger partial charge on any atom is 0.0406 e. The Hall–Kier alpha value is -1.38. The molecule has 1 N–H and O–H groups in total. The van der Waals surface area contributed by atoms with Gasteiger partial charge in [-0.15, -0.1) is 0 Å². The molecule has 1 aromatic heterocycles. The van der Waals surface area contributed by atoms with Gasteiger partial charge in [-0.3, -0.25) is 4.98 Å². The predicted molar refractivity (Wildman–Crippen MR) is 84.8 cm³/mol. The lowest BCUT2D eigenvalue weighted by Gasteiger charge is -2.27. The molecule has 2 nitrogen and oxygen atoms in total. The second kappa shape index (κ2) is 6.87. The molecule has 1 heterocycles. The highest BCUT2D eigenvalue weighted by atomic mass is 35.5. The number of benzene rings is 1. The lowest BCUT2D eigenvalue weighted by molar-refractivity contribution is 0.374. The number of halogens is 1. The molecule has 0 saturated heterocycles. The summed E-state index contributed by atoms with van der Waals surface area (Å²) in [7, 11) is 0. The Balaban J connectivity index is 2.16. The molecule has 0 saturated carbocycles. The average Bonchev–Trinajstić information content (AvgIpc) is 2.46. The van der Waals surface area contributed by atoms with Gasteiger partial charge >= 0.3 is 0 Å². The molecular formula is C17H21ClN2. The summed E-state index contributed by atoms with van der Waals surface area (Å²) >= 11 is 5.97. The molecular weight excluding hydrogens is 268 g/mol. The first kappa shape index (κ1) is 15.0. The van der Waals surface area contributed by atoms with Crippen molar-refractivity contribution in [3.05, 3.63) is 64.9 Å². The van der Waals surface area contributed by atoms with Gasteiger partial charge in [0.1, 0.15) is 0 Å². The maximum absolute atomic E-state index is 5.97. The van der Waals surface area contributed by atoms with Crippen LogP contribution in [0.4, 0.5) is 0 Å². The number of aromatic nitrogens is 1. The average molecular weight is 289 g/mol. The molecule has 0 fully saturated rings. The van der Waals surface area contributed by atoms with Gasteiger partial charge in [-0.25, -0.2) is 0 Å². The monoisotopic (exact) mass is 288 g/mol. The van der Waals surface area contributed by atoms with E-state index in [2.05, 4.69) is 49.3 Å². The minimum absolute atomic E-state index is 0.256. The van der Waals surface area contributed by atoms with Crippen LogP contribution in [0.3, 0.4) is 0 Å².